The molecule has 0 fully saturated rings. The van der Waals surface area contributed by atoms with Crippen LogP contribution in [0.5, 0.6) is 5.75 Å². The molecule has 1 aromatic rings. The van der Waals surface area contributed by atoms with E-state index in [9.17, 15) is 9.59 Å². The highest BCUT2D eigenvalue weighted by Crippen LogP contribution is 2.20. The Bertz CT molecular complexity index is 472. The normalized spacial score (nSPS) is 9.95. The van der Waals surface area contributed by atoms with Crippen LogP contribution in [0.4, 0.5) is 0 Å². The fourth-order valence-electron chi connectivity index (χ4n) is 1.66. The van der Waals surface area contributed by atoms with Gasteiger partial charge >= 0.3 is 0 Å². The number of ether oxygens (including phenoxy) is 1. The molecular formula is C15H22N2O3. The van der Waals surface area contributed by atoms with Crippen molar-refractivity contribution in [2.24, 2.45) is 0 Å². The molecule has 20 heavy (non-hydrogen) atoms. The minimum Gasteiger partial charge on any atom is -0.493 e. The molecule has 0 aliphatic heterocycles. The molecule has 5 heteroatoms. The second-order valence-electron chi connectivity index (χ2n) is 4.63. The van der Waals surface area contributed by atoms with E-state index in [1.165, 1.54) is 12.5 Å². The summed E-state index contributed by atoms with van der Waals surface area (Å²) in [5.74, 6) is 0.634. The zero-order chi connectivity index (χ0) is 15.0. The molecule has 0 aliphatic rings. The zero-order valence-corrected chi connectivity index (χ0v) is 12.3. The highest BCUT2D eigenvalue weighted by Gasteiger charge is 2.04. The second kappa shape index (κ2) is 8.19. The summed E-state index contributed by atoms with van der Waals surface area (Å²) in [4.78, 5) is 22.2. The van der Waals surface area contributed by atoms with E-state index in [0.29, 0.717) is 26.1 Å². The molecule has 1 rings (SSSR count). The maximum Gasteiger partial charge on any atom is 0.223 e. The van der Waals surface area contributed by atoms with E-state index in [2.05, 4.69) is 10.6 Å². The Morgan fingerprint density at radius 1 is 1.15 bits per heavy atom. The van der Waals surface area contributed by atoms with Crippen molar-refractivity contribution in [3.8, 4) is 5.75 Å². The molecular weight excluding hydrogens is 256 g/mol. The number of carbonyl (C=O) groups is 2. The average Bonchev–Trinajstić information content (AvgIpc) is 2.39. The van der Waals surface area contributed by atoms with Gasteiger partial charge in [-0.3, -0.25) is 9.59 Å². The van der Waals surface area contributed by atoms with Crippen molar-refractivity contribution in [3.05, 3.63) is 29.3 Å². The SMILES string of the molecule is CC(=O)NCCNC(=O)CCOc1cccc(C)c1C. The van der Waals surface area contributed by atoms with Crippen LogP contribution in [0.25, 0.3) is 0 Å². The highest BCUT2D eigenvalue weighted by atomic mass is 16.5. The van der Waals surface area contributed by atoms with Crippen LogP contribution in [0.2, 0.25) is 0 Å². The van der Waals surface area contributed by atoms with E-state index >= 15 is 0 Å². The van der Waals surface area contributed by atoms with Crippen LogP contribution < -0.4 is 15.4 Å². The fraction of sp³-hybridized carbons (Fsp3) is 0.467. The van der Waals surface area contributed by atoms with Crippen molar-refractivity contribution in [1.29, 1.82) is 0 Å². The van der Waals surface area contributed by atoms with Gasteiger partial charge in [-0.15, -0.1) is 0 Å². The van der Waals surface area contributed by atoms with Gasteiger partial charge in [0, 0.05) is 20.0 Å². The summed E-state index contributed by atoms with van der Waals surface area (Å²) in [6.07, 6.45) is 0.299. The molecule has 0 bridgehead atoms. The molecule has 0 unspecified atom stereocenters. The first kappa shape index (κ1) is 16.0. The van der Waals surface area contributed by atoms with Gasteiger partial charge in [-0.05, 0) is 31.0 Å². The van der Waals surface area contributed by atoms with Crippen molar-refractivity contribution >= 4 is 11.8 Å². The van der Waals surface area contributed by atoms with Crippen molar-refractivity contribution in [1.82, 2.24) is 10.6 Å². The Balaban J connectivity index is 2.22. The Morgan fingerprint density at radius 3 is 2.55 bits per heavy atom. The van der Waals surface area contributed by atoms with Crippen LogP contribution in [0.3, 0.4) is 0 Å². The van der Waals surface area contributed by atoms with Crippen LogP contribution in [0, 0.1) is 13.8 Å². The lowest BCUT2D eigenvalue weighted by Gasteiger charge is -2.11. The molecule has 0 atom stereocenters. The molecule has 2 amide bonds. The number of carbonyl (C=O) groups excluding carboxylic acids is 2. The summed E-state index contributed by atoms with van der Waals surface area (Å²) in [6, 6.07) is 5.86. The predicted molar refractivity (Wildman–Crippen MR) is 77.7 cm³/mol. The van der Waals surface area contributed by atoms with Crippen molar-refractivity contribution in [2.75, 3.05) is 19.7 Å². The molecule has 1 aromatic carbocycles. The third kappa shape index (κ3) is 5.73. The number of aryl methyl sites for hydroxylation is 1. The number of hydrogen-bond acceptors (Lipinski definition) is 3. The summed E-state index contributed by atoms with van der Waals surface area (Å²) in [5.41, 5.74) is 2.26. The van der Waals surface area contributed by atoms with Crippen LogP contribution in [0.1, 0.15) is 24.5 Å². The van der Waals surface area contributed by atoms with Crippen LogP contribution in [-0.2, 0) is 9.59 Å². The zero-order valence-electron chi connectivity index (χ0n) is 12.3. The van der Waals surface area contributed by atoms with E-state index < -0.39 is 0 Å². The Hall–Kier alpha value is -2.04. The summed E-state index contributed by atoms with van der Waals surface area (Å²) in [7, 11) is 0. The third-order valence-corrected chi connectivity index (χ3v) is 2.96. The quantitative estimate of drug-likeness (QED) is 0.739. The largest absolute Gasteiger partial charge is 0.493 e. The summed E-state index contributed by atoms with van der Waals surface area (Å²) in [5, 5.41) is 5.33. The van der Waals surface area contributed by atoms with Gasteiger partial charge in [0.2, 0.25) is 11.8 Å². The molecule has 0 heterocycles. The number of amides is 2. The van der Waals surface area contributed by atoms with E-state index in [1.807, 2.05) is 32.0 Å². The van der Waals surface area contributed by atoms with Gasteiger partial charge in [-0.1, -0.05) is 12.1 Å². The number of benzene rings is 1. The van der Waals surface area contributed by atoms with Crippen molar-refractivity contribution in [3.63, 3.8) is 0 Å². The average molecular weight is 278 g/mol. The predicted octanol–water partition coefficient (Wildman–Crippen LogP) is 1.32. The van der Waals surface area contributed by atoms with E-state index in [1.54, 1.807) is 0 Å². The molecule has 0 aliphatic carbocycles. The molecule has 0 aromatic heterocycles. The Labute approximate surface area is 119 Å². The second-order valence-corrected chi connectivity index (χ2v) is 4.63. The van der Waals surface area contributed by atoms with Gasteiger partial charge < -0.3 is 15.4 Å². The fourth-order valence-corrected chi connectivity index (χ4v) is 1.66. The molecule has 0 radical (unpaired) electrons. The Kier molecular flexibility index (Phi) is 6.56. The van der Waals surface area contributed by atoms with Crippen LogP contribution in [-0.4, -0.2) is 31.5 Å². The van der Waals surface area contributed by atoms with E-state index in [0.717, 1.165) is 11.3 Å². The minimum atomic E-state index is -0.0995. The maximum absolute atomic E-state index is 11.5. The van der Waals surface area contributed by atoms with Crippen LogP contribution in [0.15, 0.2) is 18.2 Å². The summed E-state index contributed by atoms with van der Waals surface area (Å²) < 4.78 is 5.60. The standard InChI is InChI=1S/C15H22N2O3/c1-11-5-4-6-14(12(11)2)20-10-7-15(19)17-9-8-16-13(3)18/h4-6H,7-10H2,1-3H3,(H,16,18)(H,17,19). The number of nitrogens with one attached hydrogen (secondary N) is 2. The molecule has 0 saturated carbocycles. The summed E-state index contributed by atoms with van der Waals surface area (Å²) in [6.45, 7) is 6.69. The summed E-state index contributed by atoms with van der Waals surface area (Å²) >= 11 is 0. The van der Waals surface area contributed by atoms with Crippen molar-refractivity contribution < 1.29 is 14.3 Å². The lowest BCUT2D eigenvalue weighted by atomic mass is 10.1. The molecule has 0 spiro atoms. The third-order valence-electron chi connectivity index (χ3n) is 2.96. The van der Waals surface area contributed by atoms with Gasteiger partial charge in [0.1, 0.15) is 5.75 Å². The molecule has 5 nitrogen and oxygen atoms in total. The topological polar surface area (TPSA) is 67.4 Å². The number of rotatable bonds is 7. The van der Waals surface area contributed by atoms with E-state index in [4.69, 9.17) is 4.74 Å². The van der Waals surface area contributed by atoms with Gasteiger partial charge in [-0.2, -0.15) is 0 Å². The lowest BCUT2D eigenvalue weighted by molar-refractivity contribution is -0.122. The lowest BCUT2D eigenvalue weighted by Crippen LogP contribution is -2.34. The van der Waals surface area contributed by atoms with E-state index in [-0.39, 0.29) is 11.8 Å². The maximum atomic E-state index is 11.5. The highest BCUT2D eigenvalue weighted by molar-refractivity contribution is 5.76. The van der Waals surface area contributed by atoms with Gasteiger partial charge in [-0.25, -0.2) is 0 Å². The van der Waals surface area contributed by atoms with Gasteiger partial charge in [0.05, 0.1) is 13.0 Å². The van der Waals surface area contributed by atoms with Crippen molar-refractivity contribution in [2.45, 2.75) is 27.2 Å². The minimum absolute atomic E-state index is 0.0827. The monoisotopic (exact) mass is 278 g/mol. The Morgan fingerprint density at radius 2 is 1.85 bits per heavy atom. The van der Waals surface area contributed by atoms with Crippen LogP contribution >= 0.6 is 0 Å². The molecule has 2 N–H and O–H groups in total. The first-order valence-corrected chi connectivity index (χ1v) is 6.71. The van der Waals surface area contributed by atoms with Gasteiger partial charge in [0.25, 0.3) is 0 Å². The number of hydrogen-bond donors (Lipinski definition) is 2. The smallest absolute Gasteiger partial charge is 0.223 e. The van der Waals surface area contributed by atoms with Gasteiger partial charge in [0.15, 0.2) is 0 Å². The molecule has 110 valence electrons. The first-order valence-electron chi connectivity index (χ1n) is 6.71. The molecule has 0 saturated heterocycles. The first-order chi connectivity index (χ1) is 9.50.